The molecule has 2 saturated carbocycles. The third kappa shape index (κ3) is 6.49. The highest BCUT2D eigenvalue weighted by molar-refractivity contribution is 5.60. The molecule has 4 rings (SSSR count). The number of ether oxygens (including phenoxy) is 2. The molecule has 30 heavy (non-hydrogen) atoms. The first kappa shape index (κ1) is 22.7. The predicted octanol–water partition coefficient (Wildman–Crippen LogP) is 4.94. The zero-order chi connectivity index (χ0) is 21.5. The molecular formula is C26H34O4. The van der Waals surface area contributed by atoms with Crippen molar-refractivity contribution in [3.63, 3.8) is 0 Å². The van der Waals surface area contributed by atoms with Crippen molar-refractivity contribution in [1.29, 1.82) is 0 Å². The zero-order valence-corrected chi connectivity index (χ0v) is 18.1. The molecule has 0 aromatic heterocycles. The van der Waals surface area contributed by atoms with Crippen LogP contribution in [0.25, 0.3) is 0 Å². The number of hydrogen-bond donors (Lipinski definition) is 1. The SMILES string of the molecule is CC1(C=O)CC(OCc2ccccc2)C1.CC1(CO)CC(OCc2ccccc2)C1. The van der Waals surface area contributed by atoms with Crippen LogP contribution in [0.5, 0.6) is 0 Å². The Morgan fingerprint density at radius 1 is 0.833 bits per heavy atom. The molecule has 2 aliphatic rings. The quantitative estimate of drug-likeness (QED) is 0.627. The molecule has 2 aromatic carbocycles. The molecule has 0 heterocycles. The molecule has 0 aliphatic heterocycles. The van der Waals surface area contributed by atoms with E-state index >= 15 is 0 Å². The molecule has 162 valence electrons. The molecular weight excluding hydrogens is 376 g/mol. The van der Waals surface area contributed by atoms with Gasteiger partial charge in [0.2, 0.25) is 0 Å². The summed E-state index contributed by atoms with van der Waals surface area (Å²) in [7, 11) is 0. The Bertz CT molecular complexity index is 762. The average molecular weight is 411 g/mol. The summed E-state index contributed by atoms with van der Waals surface area (Å²) in [6.07, 6.45) is 5.34. The van der Waals surface area contributed by atoms with Crippen molar-refractivity contribution in [3.8, 4) is 0 Å². The van der Waals surface area contributed by atoms with Gasteiger partial charge < -0.3 is 19.4 Å². The standard InChI is InChI=1S/C13H18O2.C13H16O2/c2*1-13(10-14)7-12(8-13)15-9-11-5-3-2-4-6-11/h2-6,12,14H,7-10H2,1H3;2-6,10,12H,7-9H2,1H3. The first-order valence-corrected chi connectivity index (χ1v) is 10.8. The number of aldehydes is 1. The summed E-state index contributed by atoms with van der Waals surface area (Å²) in [6.45, 7) is 5.71. The van der Waals surface area contributed by atoms with Crippen molar-refractivity contribution >= 4 is 6.29 Å². The lowest BCUT2D eigenvalue weighted by atomic mass is 9.69. The van der Waals surface area contributed by atoms with Crippen molar-refractivity contribution in [2.45, 2.75) is 65.0 Å². The van der Waals surface area contributed by atoms with E-state index in [1.165, 1.54) is 11.1 Å². The van der Waals surface area contributed by atoms with Crippen LogP contribution in [0, 0.1) is 10.8 Å². The average Bonchev–Trinajstić information content (AvgIpc) is 2.74. The van der Waals surface area contributed by atoms with Gasteiger partial charge in [-0.3, -0.25) is 0 Å². The van der Waals surface area contributed by atoms with Gasteiger partial charge in [0.15, 0.2) is 0 Å². The minimum absolute atomic E-state index is 0.112. The zero-order valence-electron chi connectivity index (χ0n) is 18.1. The second-order valence-corrected chi connectivity index (χ2v) is 9.39. The van der Waals surface area contributed by atoms with E-state index in [0.29, 0.717) is 19.3 Å². The number of carbonyl (C=O) groups is 1. The topological polar surface area (TPSA) is 55.8 Å². The number of rotatable bonds is 8. The third-order valence-electron chi connectivity index (χ3n) is 6.15. The number of hydrogen-bond acceptors (Lipinski definition) is 4. The van der Waals surface area contributed by atoms with Gasteiger partial charge in [-0.25, -0.2) is 0 Å². The molecule has 1 N–H and O–H groups in total. The van der Waals surface area contributed by atoms with Gasteiger partial charge in [-0.05, 0) is 42.2 Å². The van der Waals surface area contributed by atoms with Gasteiger partial charge in [0, 0.05) is 12.0 Å². The van der Waals surface area contributed by atoms with E-state index in [1.54, 1.807) is 0 Å². The summed E-state index contributed by atoms with van der Waals surface area (Å²) in [6, 6.07) is 20.3. The predicted molar refractivity (Wildman–Crippen MR) is 118 cm³/mol. The Labute approximate surface area is 180 Å². The van der Waals surface area contributed by atoms with Gasteiger partial charge in [0.25, 0.3) is 0 Å². The van der Waals surface area contributed by atoms with Crippen molar-refractivity contribution in [1.82, 2.24) is 0 Å². The van der Waals surface area contributed by atoms with Crippen LogP contribution in [-0.4, -0.2) is 30.2 Å². The summed E-state index contributed by atoms with van der Waals surface area (Å²) in [5, 5.41) is 9.09. The summed E-state index contributed by atoms with van der Waals surface area (Å²) in [5.74, 6) is 0. The van der Waals surface area contributed by atoms with Gasteiger partial charge in [-0.15, -0.1) is 0 Å². The number of aliphatic hydroxyl groups is 1. The summed E-state index contributed by atoms with van der Waals surface area (Å²) in [5.41, 5.74) is 2.40. The second-order valence-electron chi connectivity index (χ2n) is 9.39. The fourth-order valence-corrected chi connectivity index (χ4v) is 4.06. The highest BCUT2D eigenvalue weighted by Crippen LogP contribution is 2.42. The minimum Gasteiger partial charge on any atom is -0.396 e. The van der Waals surface area contributed by atoms with Gasteiger partial charge in [0.1, 0.15) is 6.29 Å². The lowest BCUT2D eigenvalue weighted by molar-refractivity contribution is -0.132. The molecule has 4 nitrogen and oxygen atoms in total. The molecule has 2 fully saturated rings. The Balaban J connectivity index is 0.000000171. The Kier molecular flexibility index (Phi) is 7.81. The maximum absolute atomic E-state index is 10.7. The van der Waals surface area contributed by atoms with Crippen molar-refractivity contribution in [2.75, 3.05) is 6.61 Å². The molecule has 0 amide bonds. The van der Waals surface area contributed by atoms with E-state index in [0.717, 1.165) is 32.0 Å². The second kappa shape index (κ2) is 10.3. The lowest BCUT2D eigenvalue weighted by Crippen LogP contribution is -2.42. The van der Waals surface area contributed by atoms with Crippen molar-refractivity contribution < 1.29 is 19.4 Å². The maximum Gasteiger partial charge on any atom is 0.126 e. The first-order chi connectivity index (χ1) is 14.4. The van der Waals surface area contributed by atoms with Crippen LogP contribution in [0.2, 0.25) is 0 Å². The normalized spacial score (nSPS) is 29.7. The van der Waals surface area contributed by atoms with E-state index in [-0.39, 0.29) is 23.5 Å². The molecule has 0 bridgehead atoms. The fourth-order valence-electron chi connectivity index (χ4n) is 4.06. The highest BCUT2D eigenvalue weighted by Gasteiger charge is 2.41. The molecule has 2 aliphatic carbocycles. The third-order valence-corrected chi connectivity index (χ3v) is 6.15. The molecule has 0 saturated heterocycles. The van der Waals surface area contributed by atoms with Gasteiger partial charge in [-0.1, -0.05) is 74.5 Å². The lowest BCUT2D eigenvalue weighted by Gasteiger charge is -2.43. The Hall–Kier alpha value is -2.01. The van der Waals surface area contributed by atoms with Gasteiger partial charge in [-0.2, -0.15) is 0 Å². The van der Waals surface area contributed by atoms with Crippen molar-refractivity contribution in [2.24, 2.45) is 10.8 Å². The molecule has 4 heteroatoms. The summed E-state index contributed by atoms with van der Waals surface area (Å²) < 4.78 is 11.5. The van der Waals surface area contributed by atoms with Crippen molar-refractivity contribution in [3.05, 3.63) is 71.8 Å². The molecule has 2 aromatic rings. The minimum atomic E-state index is -0.124. The van der Waals surface area contributed by atoms with Gasteiger partial charge >= 0.3 is 0 Å². The van der Waals surface area contributed by atoms with Crippen LogP contribution < -0.4 is 0 Å². The number of carbonyl (C=O) groups excluding carboxylic acids is 1. The smallest absolute Gasteiger partial charge is 0.126 e. The van der Waals surface area contributed by atoms with E-state index in [9.17, 15) is 4.79 Å². The number of aliphatic hydroxyl groups excluding tert-OH is 1. The highest BCUT2D eigenvalue weighted by atomic mass is 16.5. The van der Waals surface area contributed by atoms with Gasteiger partial charge in [0.05, 0.1) is 25.4 Å². The van der Waals surface area contributed by atoms with Crippen LogP contribution in [0.1, 0.15) is 50.7 Å². The monoisotopic (exact) mass is 410 g/mol. The maximum atomic E-state index is 10.7. The van der Waals surface area contributed by atoms with Crippen LogP contribution in [0.4, 0.5) is 0 Å². The van der Waals surface area contributed by atoms with Crippen LogP contribution in [-0.2, 0) is 27.5 Å². The molecule has 0 radical (unpaired) electrons. The first-order valence-electron chi connectivity index (χ1n) is 10.8. The molecule has 0 atom stereocenters. The van der Waals surface area contributed by atoms with Crippen LogP contribution in [0.3, 0.4) is 0 Å². The summed E-state index contributed by atoms with van der Waals surface area (Å²) >= 11 is 0. The van der Waals surface area contributed by atoms with E-state index in [1.807, 2.05) is 43.3 Å². The molecule has 0 spiro atoms. The molecule has 0 unspecified atom stereocenters. The largest absolute Gasteiger partial charge is 0.396 e. The summed E-state index contributed by atoms with van der Waals surface area (Å²) in [4.78, 5) is 10.7. The Morgan fingerprint density at radius 2 is 1.27 bits per heavy atom. The van der Waals surface area contributed by atoms with E-state index < -0.39 is 0 Å². The van der Waals surface area contributed by atoms with Crippen LogP contribution in [0.15, 0.2) is 60.7 Å². The fraction of sp³-hybridized carbons (Fsp3) is 0.500. The van der Waals surface area contributed by atoms with E-state index in [2.05, 4.69) is 31.2 Å². The van der Waals surface area contributed by atoms with Crippen LogP contribution >= 0.6 is 0 Å². The Morgan fingerprint density at radius 3 is 1.67 bits per heavy atom. The van der Waals surface area contributed by atoms with E-state index in [4.69, 9.17) is 14.6 Å². The number of benzene rings is 2.